The predicted octanol–water partition coefficient (Wildman–Crippen LogP) is 2.60. The summed E-state index contributed by atoms with van der Waals surface area (Å²) in [6.07, 6.45) is 4.97. The molecule has 25 heavy (non-hydrogen) atoms. The molecule has 2 aliphatic rings. The number of fused-ring (bicyclic) bond motifs is 1. The number of hydrogen-bond donors (Lipinski definition) is 1. The fraction of sp³-hybridized carbons (Fsp3) is 0.579. The quantitative estimate of drug-likeness (QED) is 0.669. The number of carbonyl (C=O) groups is 2. The fourth-order valence-corrected chi connectivity index (χ4v) is 3.18. The van der Waals surface area contributed by atoms with E-state index in [4.69, 9.17) is 14.2 Å². The van der Waals surface area contributed by atoms with Crippen LogP contribution in [0.3, 0.4) is 0 Å². The second-order valence-electron chi connectivity index (χ2n) is 6.64. The van der Waals surface area contributed by atoms with Crippen molar-refractivity contribution in [2.24, 2.45) is 0 Å². The number of nitrogens with one attached hydrogen (secondary N) is 1. The highest BCUT2D eigenvalue weighted by Gasteiger charge is 2.31. The molecule has 1 fully saturated rings. The maximum atomic E-state index is 12.3. The monoisotopic (exact) mass is 347 g/mol. The lowest BCUT2D eigenvalue weighted by molar-refractivity contribution is -0.163. The molecule has 2 atom stereocenters. The highest BCUT2D eigenvalue weighted by atomic mass is 16.6. The number of carbonyl (C=O) groups excluding carboxylic acids is 2. The van der Waals surface area contributed by atoms with Crippen molar-refractivity contribution >= 4 is 11.9 Å². The topological polar surface area (TPSA) is 73.9 Å². The van der Waals surface area contributed by atoms with Gasteiger partial charge in [0.25, 0.3) is 5.91 Å². The van der Waals surface area contributed by atoms with E-state index in [1.807, 2.05) is 6.07 Å². The van der Waals surface area contributed by atoms with Gasteiger partial charge in [0, 0.05) is 6.04 Å². The average Bonchev–Trinajstić information content (AvgIpc) is 2.89. The van der Waals surface area contributed by atoms with Gasteiger partial charge in [-0.05, 0) is 31.9 Å². The summed E-state index contributed by atoms with van der Waals surface area (Å²) in [6, 6.07) is 7.33. The van der Waals surface area contributed by atoms with E-state index >= 15 is 0 Å². The van der Waals surface area contributed by atoms with Crippen LogP contribution in [0.2, 0.25) is 0 Å². The molecule has 1 amide bonds. The predicted molar refractivity (Wildman–Crippen MR) is 91.5 cm³/mol. The highest BCUT2D eigenvalue weighted by Crippen LogP contribution is 2.31. The molecule has 1 aromatic carbocycles. The third-order valence-corrected chi connectivity index (χ3v) is 4.64. The van der Waals surface area contributed by atoms with E-state index in [0.717, 1.165) is 25.7 Å². The van der Waals surface area contributed by atoms with Crippen LogP contribution >= 0.6 is 0 Å². The zero-order chi connectivity index (χ0) is 17.6. The smallest absolute Gasteiger partial charge is 0.351 e. The molecule has 1 aliphatic heterocycles. The van der Waals surface area contributed by atoms with Crippen LogP contribution in [-0.2, 0) is 14.3 Å². The van der Waals surface area contributed by atoms with Gasteiger partial charge in [-0.25, -0.2) is 4.79 Å². The standard InChI is InChI=1S/C19H25NO5/c1-13(18(21)20-14-8-4-2-3-5-9-14)24-19(22)17-12-23-15-10-6-7-11-16(15)25-17/h6-7,10-11,13-14,17H,2-5,8-9,12H2,1H3,(H,20,21)/t13-,17-/m0/s1. The first-order valence-electron chi connectivity index (χ1n) is 9.03. The Morgan fingerprint density at radius 3 is 2.52 bits per heavy atom. The molecule has 1 aromatic rings. The fourth-order valence-electron chi connectivity index (χ4n) is 3.18. The van der Waals surface area contributed by atoms with Crippen LogP contribution in [0, 0.1) is 0 Å². The molecule has 0 radical (unpaired) electrons. The van der Waals surface area contributed by atoms with Gasteiger partial charge in [-0.1, -0.05) is 37.8 Å². The third-order valence-electron chi connectivity index (χ3n) is 4.64. The molecular formula is C19H25NO5. The summed E-state index contributed by atoms with van der Waals surface area (Å²) in [4.78, 5) is 24.5. The lowest BCUT2D eigenvalue weighted by Gasteiger charge is -2.26. The molecule has 0 spiro atoms. The number of hydrogen-bond acceptors (Lipinski definition) is 5. The number of benzene rings is 1. The molecule has 6 nitrogen and oxygen atoms in total. The van der Waals surface area contributed by atoms with Gasteiger partial charge in [0.05, 0.1) is 0 Å². The molecule has 0 saturated heterocycles. The van der Waals surface area contributed by atoms with Crippen molar-refractivity contribution in [3.8, 4) is 11.5 Å². The number of rotatable bonds is 4. The maximum Gasteiger partial charge on any atom is 0.351 e. The summed E-state index contributed by atoms with van der Waals surface area (Å²) < 4.78 is 16.4. The summed E-state index contributed by atoms with van der Waals surface area (Å²) in [5.41, 5.74) is 0. The zero-order valence-electron chi connectivity index (χ0n) is 14.5. The van der Waals surface area contributed by atoms with Crippen molar-refractivity contribution in [1.29, 1.82) is 0 Å². The van der Waals surface area contributed by atoms with Gasteiger partial charge in [0.1, 0.15) is 6.61 Å². The summed E-state index contributed by atoms with van der Waals surface area (Å²) in [6.45, 7) is 1.66. The highest BCUT2D eigenvalue weighted by molar-refractivity contribution is 5.85. The van der Waals surface area contributed by atoms with Crippen LogP contribution in [0.1, 0.15) is 45.4 Å². The Bertz CT molecular complexity index is 610. The van der Waals surface area contributed by atoms with E-state index in [0.29, 0.717) is 11.5 Å². The minimum atomic E-state index is -0.858. The number of amides is 1. The van der Waals surface area contributed by atoms with Crippen LogP contribution < -0.4 is 14.8 Å². The minimum Gasteiger partial charge on any atom is -0.485 e. The molecule has 3 rings (SSSR count). The van der Waals surface area contributed by atoms with E-state index in [2.05, 4.69) is 5.32 Å². The molecule has 0 aromatic heterocycles. The van der Waals surface area contributed by atoms with Gasteiger partial charge in [-0.15, -0.1) is 0 Å². The van der Waals surface area contributed by atoms with Gasteiger partial charge in [-0.2, -0.15) is 0 Å². The van der Waals surface area contributed by atoms with E-state index < -0.39 is 18.2 Å². The zero-order valence-corrected chi connectivity index (χ0v) is 14.5. The molecule has 1 aliphatic carbocycles. The first kappa shape index (κ1) is 17.6. The van der Waals surface area contributed by atoms with Crippen LogP contribution in [0.4, 0.5) is 0 Å². The maximum absolute atomic E-state index is 12.3. The van der Waals surface area contributed by atoms with Gasteiger partial charge < -0.3 is 19.5 Å². The lowest BCUT2D eigenvalue weighted by Crippen LogP contribution is -2.45. The van der Waals surface area contributed by atoms with Gasteiger partial charge >= 0.3 is 5.97 Å². The number of ether oxygens (including phenoxy) is 3. The first-order chi connectivity index (χ1) is 12.1. The largest absolute Gasteiger partial charge is 0.485 e. The Kier molecular flexibility index (Phi) is 5.79. The minimum absolute atomic E-state index is 0.0762. The normalized spacial score (nSPS) is 21.7. The molecular weight excluding hydrogens is 322 g/mol. The van der Waals surface area contributed by atoms with Crippen molar-refractivity contribution in [2.75, 3.05) is 6.61 Å². The van der Waals surface area contributed by atoms with Crippen LogP contribution in [0.15, 0.2) is 24.3 Å². The average molecular weight is 347 g/mol. The second-order valence-corrected chi connectivity index (χ2v) is 6.64. The Hall–Kier alpha value is -2.24. The van der Waals surface area contributed by atoms with E-state index in [1.54, 1.807) is 25.1 Å². The van der Waals surface area contributed by atoms with E-state index in [9.17, 15) is 9.59 Å². The second kappa shape index (κ2) is 8.23. The first-order valence-corrected chi connectivity index (χ1v) is 9.03. The van der Waals surface area contributed by atoms with Gasteiger partial charge in [0.15, 0.2) is 17.6 Å². The number of para-hydroxylation sites is 2. The molecule has 1 heterocycles. The molecule has 0 unspecified atom stereocenters. The van der Waals surface area contributed by atoms with Crippen LogP contribution in [0.25, 0.3) is 0 Å². The molecule has 136 valence electrons. The SMILES string of the molecule is C[C@H](OC(=O)[C@@H]1COc2ccccc2O1)C(=O)NC1CCCCCC1. The van der Waals surface area contributed by atoms with E-state index in [1.165, 1.54) is 12.8 Å². The molecule has 1 saturated carbocycles. The molecule has 1 N–H and O–H groups in total. The van der Waals surface area contributed by atoms with Crippen molar-refractivity contribution < 1.29 is 23.8 Å². The lowest BCUT2D eigenvalue weighted by atomic mass is 10.1. The van der Waals surface area contributed by atoms with Crippen molar-refractivity contribution in [3.63, 3.8) is 0 Å². The molecule has 6 heteroatoms. The Balaban J connectivity index is 1.49. The summed E-state index contributed by atoms with van der Waals surface area (Å²) >= 11 is 0. The third kappa shape index (κ3) is 4.65. The van der Waals surface area contributed by atoms with Gasteiger partial charge in [-0.3, -0.25) is 4.79 Å². The van der Waals surface area contributed by atoms with Crippen LogP contribution in [0.5, 0.6) is 11.5 Å². The van der Waals surface area contributed by atoms with Crippen molar-refractivity contribution in [3.05, 3.63) is 24.3 Å². The summed E-state index contributed by atoms with van der Waals surface area (Å²) in [7, 11) is 0. The molecule has 0 bridgehead atoms. The number of esters is 1. The van der Waals surface area contributed by atoms with E-state index in [-0.39, 0.29) is 18.6 Å². The van der Waals surface area contributed by atoms with Crippen molar-refractivity contribution in [1.82, 2.24) is 5.32 Å². The van der Waals surface area contributed by atoms with Gasteiger partial charge in [0.2, 0.25) is 6.10 Å². The van der Waals surface area contributed by atoms with Crippen molar-refractivity contribution in [2.45, 2.75) is 63.7 Å². The Labute approximate surface area is 147 Å². The summed E-state index contributed by atoms with van der Waals surface area (Å²) in [5.74, 6) is 0.271. The van der Waals surface area contributed by atoms with Crippen LogP contribution in [-0.4, -0.2) is 36.7 Å². The Morgan fingerprint density at radius 1 is 1.12 bits per heavy atom. The Morgan fingerprint density at radius 2 is 1.80 bits per heavy atom. The summed E-state index contributed by atoms with van der Waals surface area (Å²) in [5, 5.41) is 2.99.